The molecule has 5 nitrogen and oxygen atoms in total. The zero-order valence-electron chi connectivity index (χ0n) is 9.15. The van der Waals surface area contributed by atoms with Gasteiger partial charge in [0.05, 0.1) is 16.3 Å². The first-order valence-corrected chi connectivity index (χ1v) is 5.87. The zero-order valence-corrected chi connectivity index (χ0v) is 10.7. The number of hydrogen-bond donors (Lipinski definition) is 0. The van der Waals surface area contributed by atoms with E-state index in [1.807, 2.05) is 24.3 Å². The number of hydrogen-bond acceptors (Lipinski definition) is 4. The Morgan fingerprint density at radius 1 is 1.00 bits per heavy atom. The van der Waals surface area contributed by atoms with Gasteiger partial charge in [-0.3, -0.25) is 10.1 Å². The third-order valence-electron chi connectivity index (χ3n) is 2.19. The summed E-state index contributed by atoms with van der Waals surface area (Å²) in [5, 5.41) is 18.6. The van der Waals surface area contributed by atoms with E-state index in [0.29, 0.717) is 11.4 Å². The fraction of sp³-hybridized carbons (Fsp3) is 0. The molecule has 0 aliphatic rings. The summed E-state index contributed by atoms with van der Waals surface area (Å²) in [5.41, 5.74) is 1.31. The lowest BCUT2D eigenvalue weighted by atomic mass is 10.3. The standard InChI is InChI=1S/C12H8BrN3O2/c13-11-3-1-2-4-12(11)15-14-9-5-7-10(8-6-9)16(17)18/h1-8H. The highest BCUT2D eigenvalue weighted by atomic mass is 79.9. The van der Waals surface area contributed by atoms with Crippen LogP contribution in [0.5, 0.6) is 0 Å². The van der Waals surface area contributed by atoms with Gasteiger partial charge in [-0.15, -0.1) is 5.11 Å². The average molecular weight is 306 g/mol. The van der Waals surface area contributed by atoms with Crippen molar-refractivity contribution < 1.29 is 4.92 Å². The average Bonchev–Trinajstić information content (AvgIpc) is 2.38. The van der Waals surface area contributed by atoms with Gasteiger partial charge in [0.1, 0.15) is 0 Å². The minimum absolute atomic E-state index is 0.0369. The van der Waals surface area contributed by atoms with Crippen LogP contribution in [0.2, 0.25) is 0 Å². The van der Waals surface area contributed by atoms with E-state index in [-0.39, 0.29) is 5.69 Å². The molecule has 0 bridgehead atoms. The van der Waals surface area contributed by atoms with Crippen LogP contribution in [-0.2, 0) is 0 Å². The third kappa shape index (κ3) is 2.98. The quantitative estimate of drug-likeness (QED) is 0.465. The SMILES string of the molecule is O=[N+]([O-])c1ccc(N=Nc2ccccc2Br)cc1. The fourth-order valence-electron chi connectivity index (χ4n) is 1.29. The van der Waals surface area contributed by atoms with Crippen LogP contribution in [0.3, 0.4) is 0 Å². The Morgan fingerprint density at radius 2 is 1.67 bits per heavy atom. The van der Waals surface area contributed by atoms with E-state index in [0.717, 1.165) is 4.47 Å². The van der Waals surface area contributed by atoms with E-state index >= 15 is 0 Å². The number of nitro groups is 1. The molecule has 0 amide bonds. The van der Waals surface area contributed by atoms with Crippen LogP contribution >= 0.6 is 15.9 Å². The van der Waals surface area contributed by atoms with Crippen molar-refractivity contribution in [3.63, 3.8) is 0 Å². The van der Waals surface area contributed by atoms with Gasteiger partial charge in [-0.2, -0.15) is 5.11 Å². The highest BCUT2D eigenvalue weighted by Crippen LogP contribution is 2.27. The summed E-state index contributed by atoms with van der Waals surface area (Å²) in [6.45, 7) is 0. The van der Waals surface area contributed by atoms with Crippen LogP contribution in [0.4, 0.5) is 17.1 Å². The van der Waals surface area contributed by atoms with Crippen molar-refractivity contribution in [1.29, 1.82) is 0 Å². The molecule has 0 atom stereocenters. The Morgan fingerprint density at radius 3 is 2.28 bits per heavy atom. The second kappa shape index (κ2) is 5.50. The van der Waals surface area contributed by atoms with E-state index < -0.39 is 4.92 Å². The molecule has 0 spiro atoms. The van der Waals surface area contributed by atoms with Crippen molar-refractivity contribution in [3.8, 4) is 0 Å². The van der Waals surface area contributed by atoms with Crippen molar-refractivity contribution in [3.05, 3.63) is 63.1 Å². The molecule has 2 aromatic carbocycles. The predicted molar refractivity (Wildman–Crippen MR) is 71.4 cm³/mol. The molecule has 0 saturated carbocycles. The number of non-ortho nitro benzene ring substituents is 1. The molecule has 0 aliphatic heterocycles. The Bertz CT molecular complexity index is 597. The smallest absolute Gasteiger partial charge is 0.258 e. The lowest BCUT2D eigenvalue weighted by Crippen LogP contribution is -1.85. The zero-order chi connectivity index (χ0) is 13.0. The van der Waals surface area contributed by atoms with Crippen molar-refractivity contribution >= 4 is 33.0 Å². The molecule has 0 fully saturated rings. The van der Waals surface area contributed by atoms with Gasteiger partial charge in [0.2, 0.25) is 0 Å². The molecule has 6 heteroatoms. The first-order valence-electron chi connectivity index (χ1n) is 5.07. The van der Waals surface area contributed by atoms with E-state index in [1.54, 1.807) is 12.1 Å². The molecule has 0 unspecified atom stereocenters. The van der Waals surface area contributed by atoms with Crippen molar-refractivity contribution in [2.24, 2.45) is 10.2 Å². The van der Waals surface area contributed by atoms with Gasteiger partial charge in [0.15, 0.2) is 0 Å². The maximum atomic E-state index is 10.5. The second-order valence-corrected chi connectivity index (χ2v) is 4.28. The van der Waals surface area contributed by atoms with E-state index in [9.17, 15) is 10.1 Å². The molecule has 0 aromatic heterocycles. The van der Waals surface area contributed by atoms with E-state index in [1.165, 1.54) is 12.1 Å². The summed E-state index contributed by atoms with van der Waals surface area (Å²) in [4.78, 5) is 10.0. The maximum Gasteiger partial charge on any atom is 0.269 e. The first-order chi connectivity index (χ1) is 8.66. The molecule has 0 aliphatic carbocycles. The number of halogens is 1. The minimum Gasteiger partial charge on any atom is -0.258 e. The molecule has 0 radical (unpaired) electrons. The summed E-state index contributed by atoms with van der Waals surface area (Å²) < 4.78 is 0.843. The molecule has 2 rings (SSSR count). The summed E-state index contributed by atoms with van der Waals surface area (Å²) in [5.74, 6) is 0. The molecule has 18 heavy (non-hydrogen) atoms. The van der Waals surface area contributed by atoms with E-state index in [4.69, 9.17) is 0 Å². The number of nitrogens with zero attached hydrogens (tertiary/aromatic N) is 3. The van der Waals surface area contributed by atoms with Crippen LogP contribution in [0.25, 0.3) is 0 Å². The number of azo groups is 1. The lowest BCUT2D eigenvalue weighted by Gasteiger charge is -1.96. The third-order valence-corrected chi connectivity index (χ3v) is 2.86. The van der Waals surface area contributed by atoms with Crippen LogP contribution in [0.1, 0.15) is 0 Å². The minimum atomic E-state index is -0.450. The molecule has 90 valence electrons. The Kier molecular flexibility index (Phi) is 3.78. The van der Waals surface area contributed by atoms with Gasteiger partial charge in [-0.25, -0.2) is 0 Å². The summed E-state index contributed by atoms with van der Waals surface area (Å²) in [7, 11) is 0. The Hall–Kier alpha value is -2.08. The van der Waals surface area contributed by atoms with Crippen LogP contribution in [0.15, 0.2) is 63.2 Å². The topological polar surface area (TPSA) is 67.9 Å². The molecule has 2 aromatic rings. The molecule has 0 saturated heterocycles. The van der Waals surface area contributed by atoms with Crippen molar-refractivity contribution in [2.75, 3.05) is 0 Å². The lowest BCUT2D eigenvalue weighted by molar-refractivity contribution is -0.384. The molecule has 0 N–H and O–H groups in total. The Balaban J connectivity index is 2.19. The molecule has 0 heterocycles. The predicted octanol–water partition coefficient (Wildman–Crippen LogP) is 4.77. The van der Waals surface area contributed by atoms with Gasteiger partial charge in [0.25, 0.3) is 5.69 Å². The highest BCUT2D eigenvalue weighted by Gasteiger charge is 2.03. The van der Waals surface area contributed by atoms with Crippen LogP contribution < -0.4 is 0 Å². The molecular formula is C12H8BrN3O2. The fourth-order valence-corrected chi connectivity index (χ4v) is 1.65. The van der Waals surface area contributed by atoms with Gasteiger partial charge >= 0.3 is 0 Å². The van der Waals surface area contributed by atoms with Gasteiger partial charge in [0, 0.05) is 16.6 Å². The monoisotopic (exact) mass is 305 g/mol. The number of benzene rings is 2. The van der Waals surface area contributed by atoms with Crippen molar-refractivity contribution in [2.45, 2.75) is 0 Å². The Labute approximate surface area is 111 Å². The second-order valence-electron chi connectivity index (χ2n) is 3.42. The largest absolute Gasteiger partial charge is 0.269 e. The van der Waals surface area contributed by atoms with Gasteiger partial charge in [-0.1, -0.05) is 12.1 Å². The van der Waals surface area contributed by atoms with Crippen LogP contribution in [-0.4, -0.2) is 4.92 Å². The first kappa shape index (κ1) is 12.4. The number of rotatable bonds is 3. The summed E-state index contributed by atoms with van der Waals surface area (Å²) in [6.07, 6.45) is 0. The highest BCUT2D eigenvalue weighted by molar-refractivity contribution is 9.10. The van der Waals surface area contributed by atoms with Gasteiger partial charge < -0.3 is 0 Å². The van der Waals surface area contributed by atoms with Crippen LogP contribution in [0, 0.1) is 10.1 Å². The number of nitro benzene ring substituents is 1. The van der Waals surface area contributed by atoms with Gasteiger partial charge in [-0.05, 0) is 40.2 Å². The normalized spacial score (nSPS) is 10.7. The summed E-state index contributed by atoms with van der Waals surface area (Å²) >= 11 is 3.36. The van der Waals surface area contributed by atoms with E-state index in [2.05, 4.69) is 26.2 Å². The van der Waals surface area contributed by atoms with Crippen molar-refractivity contribution in [1.82, 2.24) is 0 Å². The maximum absolute atomic E-state index is 10.5. The molecular weight excluding hydrogens is 298 g/mol. The summed E-state index contributed by atoms with van der Waals surface area (Å²) in [6, 6.07) is 13.3.